The molecule has 0 aliphatic heterocycles. The number of fused-ring (bicyclic) bond motifs is 1. The highest BCUT2D eigenvalue weighted by molar-refractivity contribution is 5.79. The molecule has 2 heteroatoms. The van der Waals surface area contributed by atoms with Crippen LogP contribution in [0.1, 0.15) is 37.9 Å². The second-order valence-electron chi connectivity index (χ2n) is 5.77. The average molecular weight is 269 g/mol. The van der Waals surface area contributed by atoms with Gasteiger partial charge in [-0.3, -0.25) is 0 Å². The van der Waals surface area contributed by atoms with Gasteiger partial charge in [-0.1, -0.05) is 37.5 Å². The molecule has 0 radical (unpaired) electrons. The predicted molar refractivity (Wildman–Crippen MR) is 84.7 cm³/mol. The van der Waals surface area contributed by atoms with Gasteiger partial charge in [0.15, 0.2) is 0 Å². The molecule has 1 aliphatic carbocycles. The standard InChI is InChI=1S/C18H23NO/c1-19-13-16(14-7-3-2-4-8-14)12-17-11-15-9-5-6-10-18(15)20-17/h5-6,9-12,14,19H,2-4,7-8,13H2,1H3/b16-12-. The lowest BCUT2D eigenvalue weighted by Crippen LogP contribution is -2.19. The monoisotopic (exact) mass is 269 g/mol. The lowest BCUT2D eigenvalue weighted by atomic mass is 9.83. The maximum atomic E-state index is 5.93. The van der Waals surface area contributed by atoms with Crippen LogP contribution in [0.4, 0.5) is 0 Å². The van der Waals surface area contributed by atoms with E-state index < -0.39 is 0 Å². The van der Waals surface area contributed by atoms with E-state index in [9.17, 15) is 0 Å². The Morgan fingerprint density at radius 1 is 1.25 bits per heavy atom. The smallest absolute Gasteiger partial charge is 0.134 e. The van der Waals surface area contributed by atoms with Crippen LogP contribution >= 0.6 is 0 Å². The van der Waals surface area contributed by atoms with Crippen molar-refractivity contribution in [1.82, 2.24) is 5.32 Å². The Balaban J connectivity index is 1.88. The van der Waals surface area contributed by atoms with Gasteiger partial charge in [-0.05, 0) is 49.6 Å². The molecule has 1 saturated carbocycles. The third-order valence-corrected chi connectivity index (χ3v) is 4.28. The summed E-state index contributed by atoms with van der Waals surface area (Å²) in [6, 6.07) is 10.4. The first kappa shape index (κ1) is 13.4. The van der Waals surface area contributed by atoms with Crippen molar-refractivity contribution < 1.29 is 4.42 Å². The minimum atomic E-state index is 0.726. The molecule has 0 atom stereocenters. The van der Waals surface area contributed by atoms with Crippen LogP contribution in [0.5, 0.6) is 0 Å². The molecule has 0 bridgehead atoms. The molecule has 0 saturated heterocycles. The minimum Gasteiger partial charge on any atom is -0.457 e. The Kier molecular flexibility index (Phi) is 4.22. The third-order valence-electron chi connectivity index (χ3n) is 4.28. The molecular formula is C18H23NO. The quantitative estimate of drug-likeness (QED) is 0.876. The number of para-hydroxylation sites is 1. The average Bonchev–Trinajstić information content (AvgIpc) is 2.90. The predicted octanol–water partition coefficient (Wildman–Crippen LogP) is 4.62. The minimum absolute atomic E-state index is 0.726. The van der Waals surface area contributed by atoms with Crippen molar-refractivity contribution in [2.24, 2.45) is 5.92 Å². The van der Waals surface area contributed by atoms with Gasteiger partial charge in [0.25, 0.3) is 0 Å². The maximum Gasteiger partial charge on any atom is 0.134 e. The molecule has 1 N–H and O–H groups in total. The van der Waals surface area contributed by atoms with Crippen molar-refractivity contribution in [2.45, 2.75) is 32.1 Å². The van der Waals surface area contributed by atoms with Crippen LogP contribution in [-0.4, -0.2) is 13.6 Å². The zero-order chi connectivity index (χ0) is 13.8. The second kappa shape index (κ2) is 6.27. The van der Waals surface area contributed by atoms with Crippen LogP contribution in [0.15, 0.2) is 40.3 Å². The van der Waals surface area contributed by atoms with Crippen molar-refractivity contribution in [3.63, 3.8) is 0 Å². The summed E-state index contributed by atoms with van der Waals surface area (Å²) in [5.41, 5.74) is 2.47. The number of rotatable bonds is 4. The molecule has 0 amide bonds. The largest absolute Gasteiger partial charge is 0.457 e. The summed E-state index contributed by atoms with van der Waals surface area (Å²) in [5.74, 6) is 1.71. The highest BCUT2D eigenvalue weighted by Gasteiger charge is 2.17. The normalized spacial score (nSPS) is 17.8. The van der Waals surface area contributed by atoms with Crippen LogP contribution in [0.3, 0.4) is 0 Å². The molecule has 1 aromatic heterocycles. The molecule has 106 valence electrons. The van der Waals surface area contributed by atoms with Gasteiger partial charge in [0, 0.05) is 11.9 Å². The molecular weight excluding hydrogens is 246 g/mol. The van der Waals surface area contributed by atoms with E-state index >= 15 is 0 Å². The van der Waals surface area contributed by atoms with Gasteiger partial charge in [-0.2, -0.15) is 0 Å². The summed E-state index contributed by atoms with van der Waals surface area (Å²) in [7, 11) is 2.02. The summed E-state index contributed by atoms with van der Waals surface area (Å²) >= 11 is 0. The number of hydrogen-bond acceptors (Lipinski definition) is 2. The topological polar surface area (TPSA) is 25.2 Å². The van der Waals surface area contributed by atoms with Crippen LogP contribution in [-0.2, 0) is 0 Å². The lowest BCUT2D eigenvalue weighted by molar-refractivity contribution is 0.398. The lowest BCUT2D eigenvalue weighted by Gasteiger charge is -2.24. The van der Waals surface area contributed by atoms with Crippen molar-refractivity contribution in [3.8, 4) is 0 Å². The van der Waals surface area contributed by atoms with Crippen molar-refractivity contribution >= 4 is 17.0 Å². The van der Waals surface area contributed by atoms with Crippen LogP contribution in [0.25, 0.3) is 17.0 Å². The molecule has 0 spiro atoms. The summed E-state index contributed by atoms with van der Waals surface area (Å²) in [4.78, 5) is 0. The third kappa shape index (κ3) is 2.96. The van der Waals surface area contributed by atoms with Crippen LogP contribution in [0.2, 0.25) is 0 Å². The van der Waals surface area contributed by atoms with E-state index in [1.54, 1.807) is 0 Å². The van der Waals surface area contributed by atoms with E-state index in [4.69, 9.17) is 4.42 Å². The van der Waals surface area contributed by atoms with Crippen molar-refractivity contribution in [3.05, 3.63) is 41.7 Å². The first-order valence-electron chi connectivity index (χ1n) is 7.70. The van der Waals surface area contributed by atoms with Gasteiger partial charge in [-0.15, -0.1) is 0 Å². The Hall–Kier alpha value is -1.54. The molecule has 0 unspecified atom stereocenters. The number of benzene rings is 1. The van der Waals surface area contributed by atoms with Crippen LogP contribution < -0.4 is 5.32 Å². The molecule has 1 aromatic carbocycles. The van der Waals surface area contributed by atoms with Gasteiger partial charge in [0.1, 0.15) is 11.3 Å². The van der Waals surface area contributed by atoms with Gasteiger partial charge in [-0.25, -0.2) is 0 Å². The SMILES string of the molecule is CNC/C(=C/c1cc2ccccc2o1)C1CCCCC1. The molecule has 3 rings (SSSR count). The van der Waals surface area contributed by atoms with Gasteiger partial charge in [0.2, 0.25) is 0 Å². The Morgan fingerprint density at radius 2 is 2.05 bits per heavy atom. The number of likely N-dealkylation sites (N-methyl/N-ethyl adjacent to an activating group) is 1. The van der Waals surface area contributed by atoms with E-state index in [0.29, 0.717) is 0 Å². The number of hydrogen-bond donors (Lipinski definition) is 1. The van der Waals surface area contributed by atoms with E-state index in [0.717, 1.165) is 23.8 Å². The van der Waals surface area contributed by atoms with Gasteiger partial charge >= 0.3 is 0 Å². The maximum absolute atomic E-state index is 5.93. The number of furan rings is 1. The molecule has 20 heavy (non-hydrogen) atoms. The fraction of sp³-hybridized carbons (Fsp3) is 0.444. The number of nitrogens with one attached hydrogen (secondary N) is 1. The Bertz CT molecular complexity index is 557. The summed E-state index contributed by atoms with van der Waals surface area (Å²) in [5, 5.41) is 4.50. The molecule has 2 nitrogen and oxygen atoms in total. The van der Waals surface area contributed by atoms with E-state index in [-0.39, 0.29) is 0 Å². The molecule has 1 fully saturated rings. The van der Waals surface area contributed by atoms with E-state index in [1.165, 1.54) is 43.1 Å². The fourth-order valence-corrected chi connectivity index (χ4v) is 3.25. The van der Waals surface area contributed by atoms with Gasteiger partial charge in [0.05, 0.1) is 0 Å². The molecule has 1 heterocycles. The van der Waals surface area contributed by atoms with E-state index in [2.05, 4.69) is 29.6 Å². The highest BCUT2D eigenvalue weighted by Crippen LogP contribution is 2.31. The zero-order valence-electron chi connectivity index (χ0n) is 12.2. The molecule has 1 aliphatic rings. The summed E-state index contributed by atoms with van der Waals surface area (Å²) in [6.07, 6.45) is 9.04. The van der Waals surface area contributed by atoms with E-state index in [1.807, 2.05) is 19.2 Å². The Labute approximate surface area is 120 Å². The zero-order valence-corrected chi connectivity index (χ0v) is 12.2. The second-order valence-corrected chi connectivity index (χ2v) is 5.77. The van der Waals surface area contributed by atoms with Crippen LogP contribution in [0, 0.1) is 5.92 Å². The first-order chi connectivity index (χ1) is 9.86. The summed E-state index contributed by atoms with van der Waals surface area (Å²) < 4.78 is 5.93. The summed E-state index contributed by atoms with van der Waals surface area (Å²) in [6.45, 7) is 0.960. The van der Waals surface area contributed by atoms with Crippen molar-refractivity contribution in [2.75, 3.05) is 13.6 Å². The fourth-order valence-electron chi connectivity index (χ4n) is 3.25. The van der Waals surface area contributed by atoms with Gasteiger partial charge < -0.3 is 9.73 Å². The Morgan fingerprint density at radius 3 is 2.80 bits per heavy atom. The van der Waals surface area contributed by atoms with Crippen molar-refractivity contribution in [1.29, 1.82) is 0 Å². The molecule has 2 aromatic rings. The highest BCUT2D eigenvalue weighted by atomic mass is 16.3. The first-order valence-corrected chi connectivity index (χ1v) is 7.70.